The van der Waals surface area contributed by atoms with Crippen molar-refractivity contribution >= 4 is 34.1 Å². The highest BCUT2D eigenvalue weighted by Crippen LogP contribution is 2.21. The first kappa shape index (κ1) is 17.3. The van der Waals surface area contributed by atoms with Crippen molar-refractivity contribution in [2.24, 2.45) is 0 Å². The number of H-pyrrole nitrogens is 1. The predicted octanol–water partition coefficient (Wildman–Crippen LogP) is 4.20. The molecule has 0 aliphatic heterocycles. The van der Waals surface area contributed by atoms with Gasteiger partial charge >= 0.3 is 0 Å². The smallest absolute Gasteiger partial charge is 0.228 e. The zero-order valence-corrected chi connectivity index (χ0v) is 15.7. The Morgan fingerprint density at radius 2 is 1.96 bits per heavy atom. The molecule has 0 fully saturated rings. The van der Waals surface area contributed by atoms with E-state index in [-0.39, 0.29) is 12.3 Å². The Morgan fingerprint density at radius 3 is 2.74 bits per heavy atom. The summed E-state index contributed by atoms with van der Waals surface area (Å²) in [6.45, 7) is 3.88. The highest BCUT2D eigenvalue weighted by Gasteiger charge is 2.16. The third kappa shape index (κ3) is 3.44. The Bertz CT molecular complexity index is 1130. The number of benzene rings is 2. The number of hydrogen-bond acceptors (Lipinski definition) is 3. The quantitative estimate of drug-likeness (QED) is 0.558. The lowest BCUT2D eigenvalue weighted by molar-refractivity contribution is -0.115. The number of aromatic nitrogens is 4. The number of fused-ring (bicyclic) bond motifs is 1. The van der Waals surface area contributed by atoms with E-state index in [1.807, 2.05) is 61.0 Å². The Hall–Kier alpha value is -3.12. The van der Waals surface area contributed by atoms with Crippen LogP contribution in [-0.2, 0) is 11.2 Å². The Labute approximate surface area is 161 Å². The fourth-order valence-corrected chi connectivity index (χ4v) is 3.28. The molecule has 4 aromatic rings. The fraction of sp³-hybridized carbons (Fsp3) is 0.150. The summed E-state index contributed by atoms with van der Waals surface area (Å²) in [5.74, 6) is -0.0836. The third-order valence-corrected chi connectivity index (χ3v) is 4.83. The molecule has 0 radical (unpaired) electrons. The summed E-state index contributed by atoms with van der Waals surface area (Å²) in [6, 6.07) is 13.1. The van der Waals surface area contributed by atoms with Crippen LogP contribution >= 0.6 is 11.6 Å². The van der Waals surface area contributed by atoms with Gasteiger partial charge in [0.1, 0.15) is 0 Å². The number of rotatable bonds is 4. The maximum atomic E-state index is 12.6. The molecule has 2 aromatic heterocycles. The number of carbonyl (C=O) groups is 1. The molecule has 0 unspecified atom stereocenters. The van der Waals surface area contributed by atoms with Gasteiger partial charge in [0.25, 0.3) is 0 Å². The standard InChI is InChI=1S/C20H18ClN5O/c1-12-18(13(2)26(25-12)17-6-3-15(21)4-7-17)10-20(27)23-16-5-8-19-14(9-16)11-22-24-19/h3-9,11H,10H2,1-2H3,(H,22,24)(H,23,27). The Morgan fingerprint density at radius 1 is 1.19 bits per heavy atom. The summed E-state index contributed by atoms with van der Waals surface area (Å²) >= 11 is 5.96. The molecule has 2 heterocycles. The minimum absolute atomic E-state index is 0.0836. The number of aromatic amines is 1. The molecule has 136 valence electrons. The lowest BCUT2D eigenvalue weighted by Gasteiger charge is -2.07. The lowest BCUT2D eigenvalue weighted by atomic mass is 10.1. The molecule has 1 amide bonds. The van der Waals surface area contributed by atoms with Gasteiger partial charge in [-0.1, -0.05) is 11.6 Å². The van der Waals surface area contributed by atoms with Crippen LogP contribution < -0.4 is 5.32 Å². The van der Waals surface area contributed by atoms with Gasteiger partial charge in [0.2, 0.25) is 5.91 Å². The molecule has 0 spiro atoms. The first-order valence-electron chi connectivity index (χ1n) is 8.55. The van der Waals surface area contributed by atoms with E-state index in [0.717, 1.165) is 39.2 Å². The maximum Gasteiger partial charge on any atom is 0.228 e. The van der Waals surface area contributed by atoms with E-state index in [0.29, 0.717) is 5.02 Å². The molecule has 0 bridgehead atoms. The number of amides is 1. The first-order chi connectivity index (χ1) is 13.0. The maximum absolute atomic E-state index is 12.6. The second-order valence-electron chi connectivity index (χ2n) is 6.43. The van der Waals surface area contributed by atoms with Crippen molar-refractivity contribution in [1.29, 1.82) is 0 Å². The number of aryl methyl sites for hydroxylation is 1. The Balaban J connectivity index is 1.54. The van der Waals surface area contributed by atoms with Gasteiger partial charge in [-0.3, -0.25) is 9.89 Å². The number of nitrogens with one attached hydrogen (secondary N) is 2. The normalized spacial score (nSPS) is 11.1. The zero-order chi connectivity index (χ0) is 19.0. The second kappa shape index (κ2) is 6.89. The van der Waals surface area contributed by atoms with E-state index in [1.165, 1.54) is 0 Å². The molecular formula is C20H18ClN5O. The summed E-state index contributed by atoms with van der Waals surface area (Å²) in [5.41, 5.74) is 5.29. The molecule has 7 heteroatoms. The van der Waals surface area contributed by atoms with Crippen molar-refractivity contribution in [3.05, 3.63) is 70.6 Å². The van der Waals surface area contributed by atoms with E-state index >= 15 is 0 Å². The molecular weight excluding hydrogens is 362 g/mol. The van der Waals surface area contributed by atoms with Gasteiger partial charge in [0.05, 0.1) is 29.5 Å². The summed E-state index contributed by atoms with van der Waals surface area (Å²) in [5, 5.41) is 16.1. The van der Waals surface area contributed by atoms with Crippen LogP contribution in [0.2, 0.25) is 5.02 Å². The molecule has 0 atom stereocenters. The minimum atomic E-state index is -0.0836. The number of anilines is 1. The Kier molecular flexibility index (Phi) is 4.41. The third-order valence-electron chi connectivity index (χ3n) is 4.57. The molecule has 2 aromatic carbocycles. The predicted molar refractivity (Wildman–Crippen MR) is 106 cm³/mol. The monoisotopic (exact) mass is 379 g/mol. The molecule has 0 aliphatic rings. The fourth-order valence-electron chi connectivity index (χ4n) is 3.15. The summed E-state index contributed by atoms with van der Waals surface area (Å²) in [7, 11) is 0. The molecule has 0 aliphatic carbocycles. The number of carbonyl (C=O) groups excluding carboxylic acids is 1. The number of hydrogen-bond donors (Lipinski definition) is 2. The lowest BCUT2D eigenvalue weighted by Crippen LogP contribution is -2.15. The molecule has 4 rings (SSSR count). The number of halogens is 1. The topological polar surface area (TPSA) is 75.6 Å². The highest BCUT2D eigenvalue weighted by atomic mass is 35.5. The van der Waals surface area contributed by atoms with Crippen molar-refractivity contribution < 1.29 is 4.79 Å². The van der Waals surface area contributed by atoms with Crippen molar-refractivity contribution in [3.8, 4) is 5.69 Å². The van der Waals surface area contributed by atoms with Crippen LogP contribution in [0, 0.1) is 13.8 Å². The van der Waals surface area contributed by atoms with Gasteiger partial charge in [-0.15, -0.1) is 0 Å². The van der Waals surface area contributed by atoms with Gasteiger partial charge in [0.15, 0.2) is 0 Å². The summed E-state index contributed by atoms with van der Waals surface area (Å²) in [4.78, 5) is 12.6. The molecule has 2 N–H and O–H groups in total. The van der Waals surface area contributed by atoms with Crippen LogP contribution in [0.1, 0.15) is 17.0 Å². The van der Waals surface area contributed by atoms with E-state index in [2.05, 4.69) is 20.6 Å². The first-order valence-corrected chi connectivity index (χ1v) is 8.93. The minimum Gasteiger partial charge on any atom is -0.326 e. The van der Waals surface area contributed by atoms with E-state index < -0.39 is 0 Å². The van der Waals surface area contributed by atoms with Crippen LogP contribution in [-0.4, -0.2) is 25.9 Å². The molecule has 0 saturated carbocycles. The highest BCUT2D eigenvalue weighted by molar-refractivity contribution is 6.30. The molecule has 6 nitrogen and oxygen atoms in total. The van der Waals surface area contributed by atoms with Crippen molar-refractivity contribution in [2.75, 3.05) is 5.32 Å². The number of nitrogens with zero attached hydrogens (tertiary/aromatic N) is 3. The summed E-state index contributed by atoms with van der Waals surface area (Å²) < 4.78 is 1.84. The van der Waals surface area contributed by atoms with E-state index in [9.17, 15) is 4.79 Å². The average Bonchev–Trinajstić information content (AvgIpc) is 3.22. The van der Waals surface area contributed by atoms with Crippen LogP contribution in [0.5, 0.6) is 0 Å². The van der Waals surface area contributed by atoms with Gasteiger partial charge in [0, 0.05) is 27.4 Å². The van der Waals surface area contributed by atoms with Crippen molar-refractivity contribution in [1.82, 2.24) is 20.0 Å². The average molecular weight is 380 g/mol. The second-order valence-corrected chi connectivity index (χ2v) is 6.87. The largest absolute Gasteiger partial charge is 0.326 e. The van der Waals surface area contributed by atoms with E-state index in [1.54, 1.807) is 6.20 Å². The van der Waals surface area contributed by atoms with Crippen LogP contribution in [0.25, 0.3) is 16.6 Å². The zero-order valence-electron chi connectivity index (χ0n) is 15.0. The van der Waals surface area contributed by atoms with Gasteiger partial charge in [-0.25, -0.2) is 4.68 Å². The van der Waals surface area contributed by atoms with Gasteiger partial charge in [-0.2, -0.15) is 10.2 Å². The van der Waals surface area contributed by atoms with Gasteiger partial charge in [-0.05, 0) is 56.3 Å². The SMILES string of the molecule is Cc1nn(-c2ccc(Cl)cc2)c(C)c1CC(=O)Nc1ccc2[nH]ncc2c1. The summed E-state index contributed by atoms with van der Waals surface area (Å²) in [6.07, 6.45) is 1.99. The molecule has 0 saturated heterocycles. The van der Waals surface area contributed by atoms with Crippen molar-refractivity contribution in [3.63, 3.8) is 0 Å². The van der Waals surface area contributed by atoms with Crippen molar-refractivity contribution in [2.45, 2.75) is 20.3 Å². The van der Waals surface area contributed by atoms with Crippen LogP contribution in [0.4, 0.5) is 5.69 Å². The van der Waals surface area contributed by atoms with Crippen LogP contribution in [0.15, 0.2) is 48.7 Å². The van der Waals surface area contributed by atoms with E-state index in [4.69, 9.17) is 11.6 Å². The molecule has 27 heavy (non-hydrogen) atoms. The van der Waals surface area contributed by atoms with Gasteiger partial charge < -0.3 is 5.32 Å². The van der Waals surface area contributed by atoms with Crippen LogP contribution in [0.3, 0.4) is 0 Å².